The molecule has 0 fully saturated rings. The molecular formula is C17H15N5O. The van der Waals surface area contributed by atoms with Gasteiger partial charge in [0.1, 0.15) is 24.5 Å². The molecule has 0 radical (unpaired) electrons. The molecule has 114 valence electrons. The summed E-state index contributed by atoms with van der Waals surface area (Å²) in [5.74, 6) is 1.53. The van der Waals surface area contributed by atoms with E-state index in [4.69, 9.17) is 10.00 Å². The van der Waals surface area contributed by atoms with Crippen molar-refractivity contribution in [3.63, 3.8) is 0 Å². The van der Waals surface area contributed by atoms with Crippen molar-refractivity contribution in [1.29, 1.82) is 5.26 Å². The molecule has 1 N–H and O–H groups in total. The summed E-state index contributed by atoms with van der Waals surface area (Å²) in [6, 6.07) is 13.4. The van der Waals surface area contributed by atoms with Crippen LogP contribution in [0.5, 0.6) is 5.75 Å². The Bertz CT molecular complexity index is 821. The molecule has 0 atom stereocenters. The third kappa shape index (κ3) is 3.71. The van der Waals surface area contributed by atoms with Gasteiger partial charge in [-0.2, -0.15) is 5.26 Å². The Balaban J connectivity index is 1.54. The molecule has 2 heterocycles. The Morgan fingerprint density at radius 2 is 1.96 bits per heavy atom. The fourth-order valence-electron chi connectivity index (χ4n) is 2.17. The molecule has 6 nitrogen and oxygen atoms in total. The summed E-state index contributed by atoms with van der Waals surface area (Å²) in [6.07, 6.45) is 3.61. The number of ether oxygens (including phenoxy) is 1. The van der Waals surface area contributed by atoms with E-state index in [0.29, 0.717) is 25.2 Å². The minimum atomic E-state index is 0.413. The third-order valence-electron chi connectivity index (χ3n) is 3.28. The summed E-state index contributed by atoms with van der Waals surface area (Å²) >= 11 is 0. The van der Waals surface area contributed by atoms with Crippen LogP contribution in [0.3, 0.4) is 0 Å². The van der Waals surface area contributed by atoms with Gasteiger partial charge in [-0.3, -0.25) is 0 Å². The summed E-state index contributed by atoms with van der Waals surface area (Å²) in [5, 5.41) is 12.8. The van der Waals surface area contributed by atoms with E-state index in [9.17, 15) is 0 Å². The zero-order chi connectivity index (χ0) is 15.9. The highest BCUT2D eigenvalue weighted by Crippen LogP contribution is 2.16. The maximum absolute atomic E-state index is 8.64. The van der Waals surface area contributed by atoms with Gasteiger partial charge in [-0.1, -0.05) is 12.1 Å². The van der Waals surface area contributed by atoms with Crippen molar-refractivity contribution < 1.29 is 4.74 Å². The molecule has 0 aliphatic heterocycles. The highest BCUT2D eigenvalue weighted by molar-refractivity contribution is 5.85. The van der Waals surface area contributed by atoms with E-state index in [0.717, 1.165) is 22.5 Å². The molecule has 3 rings (SSSR count). The highest BCUT2D eigenvalue weighted by atomic mass is 16.5. The van der Waals surface area contributed by atoms with Gasteiger partial charge in [0.2, 0.25) is 0 Å². The smallest absolute Gasteiger partial charge is 0.164 e. The fraction of sp³-hybridized carbons (Fsp3) is 0.176. The van der Waals surface area contributed by atoms with Crippen molar-refractivity contribution >= 4 is 16.9 Å². The van der Waals surface area contributed by atoms with Crippen LogP contribution >= 0.6 is 0 Å². The van der Waals surface area contributed by atoms with E-state index in [-0.39, 0.29) is 0 Å². The lowest BCUT2D eigenvalue weighted by Crippen LogP contribution is -2.12. The quantitative estimate of drug-likeness (QED) is 0.705. The normalized spacial score (nSPS) is 10.2. The molecule has 0 saturated heterocycles. The molecule has 0 spiro atoms. The first-order chi connectivity index (χ1) is 11.4. The molecular weight excluding hydrogens is 290 g/mol. The van der Waals surface area contributed by atoms with Gasteiger partial charge in [0, 0.05) is 6.20 Å². The average molecular weight is 305 g/mol. The van der Waals surface area contributed by atoms with E-state index < -0.39 is 0 Å². The second-order valence-corrected chi connectivity index (χ2v) is 4.85. The standard InChI is InChI=1S/C17H15N5O/c18-8-7-13-3-5-14(6-4-13)23-11-10-20-17-15-2-1-9-19-16(15)21-12-22-17/h1-6,9,12H,7,10-11H2,(H,19,20,21,22). The van der Waals surface area contributed by atoms with Gasteiger partial charge in [-0.05, 0) is 29.8 Å². The van der Waals surface area contributed by atoms with Gasteiger partial charge in [-0.15, -0.1) is 0 Å². The molecule has 3 aromatic rings. The van der Waals surface area contributed by atoms with Crippen LogP contribution in [0, 0.1) is 11.3 Å². The number of fused-ring (bicyclic) bond motifs is 1. The number of aromatic nitrogens is 3. The van der Waals surface area contributed by atoms with Crippen LogP contribution in [0.2, 0.25) is 0 Å². The fourth-order valence-corrected chi connectivity index (χ4v) is 2.17. The topological polar surface area (TPSA) is 83.7 Å². The van der Waals surface area contributed by atoms with Gasteiger partial charge in [0.25, 0.3) is 0 Å². The van der Waals surface area contributed by atoms with E-state index in [1.54, 1.807) is 6.20 Å². The summed E-state index contributed by atoms with van der Waals surface area (Å²) in [5.41, 5.74) is 1.65. The minimum absolute atomic E-state index is 0.413. The van der Waals surface area contributed by atoms with Crippen molar-refractivity contribution in [3.8, 4) is 11.8 Å². The van der Waals surface area contributed by atoms with Gasteiger partial charge in [0.15, 0.2) is 5.65 Å². The molecule has 1 aromatic carbocycles. The largest absolute Gasteiger partial charge is 0.492 e. The van der Waals surface area contributed by atoms with Crippen LogP contribution in [-0.2, 0) is 6.42 Å². The number of hydrogen-bond donors (Lipinski definition) is 1. The van der Waals surface area contributed by atoms with Crippen LogP contribution in [0.4, 0.5) is 5.82 Å². The number of nitrogens with one attached hydrogen (secondary N) is 1. The van der Waals surface area contributed by atoms with Crippen molar-refractivity contribution in [3.05, 3.63) is 54.5 Å². The molecule has 0 unspecified atom stereocenters. The summed E-state index contributed by atoms with van der Waals surface area (Å²) in [6.45, 7) is 1.12. The van der Waals surface area contributed by atoms with Crippen molar-refractivity contribution in [2.75, 3.05) is 18.5 Å². The van der Waals surface area contributed by atoms with Crippen molar-refractivity contribution in [2.24, 2.45) is 0 Å². The van der Waals surface area contributed by atoms with Crippen LogP contribution in [-0.4, -0.2) is 28.1 Å². The van der Waals surface area contributed by atoms with Crippen molar-refractivity contribution in [2.45, 2.75) is 6.42 Å². The van der Waals surface area contributed by atoms with Crippen LogP contribution in [0.1, 0.15) is 5.56 Å². The number of benzene rings is 1. The third-order valence-corrected chi connectivity index (χ3v) is 3.28. The zero-order valence-corrected chi connectivity index (χ0v) is 12.4. The van der Waals surface area contributed by atoms with Gasteiger partial charge in [-0.25, -0.2) is 15.0 Å². The Morgan fingerprint density at radius 1 is 1.09 bits per heavy atom. The predicted octanol–water partition coefficient (Wildman–Crippen LogP) is 2.58. The second kappa shape index (κ2) is 7.18. The number of nitrogens with zero attached hydrogens (tertiary/aromatic N) is 4. The molecule has 0 saturated carbocycles. The molecule has 0 amide bonds. The summed E-state index contributed by atoms with van der Waals surface area (Å²) in [4.78, 5) is 12.6. The molecule has 23 heavy (non-hydrogen) atoms. The Morgan fingerprint density at radius 3 is 2.78 bits per heavy atom. The van der Waals surface area contributed by atoms with Crippen LogP contribution < -0.4 is 10.1 Å². The molecule has 2 aromatic heterocycles. The maximum Gasteiger partial charge on any atom is 0.164 e. The van der Waals surface area contributed by atoms with E-state index >= 15 is 0 Å². The number of pyridine rings is 1. The van der Waals surface area contributed by atoms with Gasteiger partial charge < -0.3 is 10.1 Å². The second-order valence-electron chi connectivity index (χ2n) is 4.85. The SMILES string of the molecule is N#CCc1ccc(OCCNc2ncnc3ncccc23)cc1. The van der Waals surface area contributed by atoms with Crippen molar-refractivity contribution in [1.82, 2.24) is 15.0 Å². The highest BCUT2D eigenvalue weighted by Gasteiger charge is 2.03. The summed E-state index contributed by atoms with van der Waals surface area (Å²) in [7, 11) is 0. The molecule has 0 aliphatic rings. The Hall–Kier alpha value is -3.20. The first-order valence-corrected chi connectivity index (χ1v) is 7.25. The Labute approximate surface area is 133 Å². The monoisotopic (exact) mass is 305 g/mol. The lowest BCUT2D eigenvalue weighted by atomic mass is 10.2. The van der Waals surface area contributed by atoms with Crippen LogP contribution in [0.15, 0.2) is 48.9 Å². The van der Waals surface area contributed by atoms with E-state index in [1.165, 1.54) is 6.33 Å². The lowest BCUT2D eigenvalue weighted by molar-refractivity contribution is 0.332. The molecule has 6 heteroatoms. The number of anilines is 1. The van der Waals surface area contributed by atoms with E-state index in [2.05, 4.69) is 26.3 Å². The van der Waals surface area contributed by atoms with E-state index in [1.807, 2.05) is 36.4 Å². The number of hydrogen-bond acceptors (Lipinski definition) is 6. The first-order valence-electron chi connectivity index (χ1n) is 7.25. The number of rotatable bonds is 6. The Kier molecular flexibility index (Phi) is 4.60. The van der Waals surface area contributed by atoms with Gasteiger partial charge in [0.05, 0.1) is 24.4 Å². The average Bonchev–Trinajstić information content (AvgIpc) is 2.60. The van der Waals surface area contributed by atoms with Crippen LogP contribution in [0.25, 0.3) is 11.0 Å². The maximum atomic E-state index is 8.64. The minimum Gasteiger partial charge on any atom is -0.492 e. The predicted molar refractivity (Wildman–Crippen MR) is 87.1 cm³/mol. The zero-order valence-electron chi connectivity index (χ0n) is 12.4. The molecule has 0 aliphatic carbocycles. The summed E-state index contributed by atoms with van der Waals surface area (Å²) < 4.78 is 5.67. The lowest BCUT2D eigenvalue weighted by Gasteiger charge is -2.09. The van der Waals surface area contributed by atoms with Gasteiger partial charge >= 0.3 is 0 Å². The first kappa shape index (κ1) is 14.7. The number of nitriles is 1. The molecule has 0 bridgehead atoms.